The van der Waals surface area contributed by atoms with E-state index in [0.29, 0.717) is 0 Å². The summed E-state index contributed by atoms with van der Waals surface area (Å²) in [5, 5.41) is 0. The van der Waals surface area contributed by atoms with Crippen LogP contribution in [-0.4, -0.2) is 23.2 Å². The highest BCUT2D eigenvalue weighted by Gasteiger charge is 1.87. The fraction of sp³-hybridized carbons (Fsp3) is 0.500. The number of rotatable bonds is 2. The van der Waals surface area contributed by atoms with Gasteiger partial charge < -0.3 is 14.6 Å². The van der Waals surface area contributed by atoms with Crippen molar-refractivity contribution in [1.82, 2.24) is 0 Å². The van der Waals surface area contributed by atoms with Crippen LogP contribution in [0.1, 0.15) is 0 Å². The Bertz CT molecular complexity index is 66.0. The molecular weight excluding hydrogens is 114 g/mol. The molecule has 0 spiro atoms. The third kappa shape index (κ3) is 5.45. The highest BCUT2D eigenvalue weighted by molar-refractivity contribution is 6.21. The smallest absolute Gasteiger partial charge is 0.392 e. The number of nitrogens with two attached hydrogens (primary N) is 1. The van der Waals surface area contributed by atoms with E-state index < -0.39 is 16.1 Å². The van der Waals surface area contributed by atoms with Crippen molar-refractivity contribution in [2.45, 2.75) is 0 Å². The van der Waals surface area contributed by atoms with Gasteiger partial charge in [0.05, 0.1) is 0 Å². The molecule has 0 fully saturated rings. The molecule has 0 atom stereocenters. The van der Waals surface area contributed by atoms with E-state index in [1.807, 2.05) is 0 Å². The standard InChI is InChI=1S/C2H7NO3Si/c1-5-7-6-2(3)4/h7H2,1H3,(H2,3,4). The van der Waals surface area contributed by atoms with Crippen LogP contribution in [0.3, 0.4) is 0 Å². The minimum absolute atomic E-state index is 0.756. The molecule has 0 aromatic heterocycles. The summed E-state index contributed by atoms with van der Waals surface area (Å²) in [7, 11) is 0.367. The number of amides is 1. The third-order valence-corrected chi connectivity index (χ3v) is 0.957. The van der Waals surface area contributed by atoms with Gasteiger partial charge in [-0.05, 0) is 0 Å². The number of carbonyl (C=O) groups excluding carboxylic acids is 1. The Morgan fingerprint density at radius 2 is 2.43 bits per heavy atom. The summed E-state index contributed by atoms with van der Waals surface area (Å²) in [6.45, 7) is 0. The molecule has 0 aliphatic rings. The van der Waals surface area contributed by atoms with Crippen molar-refractivity contribution in [2.75, 3.05) is 7.11 Å². The molecule has 0 aromatic carbocycles. The molecule has 42 valence electrons. The van der Waals surface area contributed by atoms with E-state index >= 15 is 0 Å². The second kappa shape index (κ2) is 3.63. The van der Waals surface area contributed by atoms with Gasteiger partial charge in [-0.3, -0.25) is 0 Å². The average molecular weight is 121 g/mol. The first-order valence-corrected chi connectivity index (χ1v) is 2.84. The van der Waals surface area contributed by atoms with Crippen LogP contribution in [0, 0.1) is 0 Å². The van der Waals surface area contributed by atoms with Crippen LogP contribution in [0.15, 0.2) is 0 Å². The minimum Gasteiger partial charge on any atom is -0.483 e. The first-order chi connectivity index (χ1) is 3.27. The van der Waals surface area contributed by atoms with Crippen molar-refractivity contribution < 1.29 is 13.6 Å². The van der Waals surface area contributed by atoms with Gasteiger partial charge in [-0.25, -0.2) is 4.79 Å². The van der Waals surface area contributed by atoms with Crippen molar-refractivity contribution in [2.24, 2.45) is 5.73 Å². The lowest BCUT2D eigenvalue weighted by molar-refractivity contribution is 0.202. The Morgan fingerprint density at radius 3 is 2.57 bits per heavy atom. The van der Waals surface area contributed by atoms with Gasteiger partial charge in [0, 0.05) is 7.11 Å². The van der Waals surface area contributed by atoms with Crippen molar-refractivity contribution in [3.8, 4) is 0 Å². The third-order valence-electron chi connectivity index (χ3n) is 0.319. The van der Waals surface area contributed by atoms with E-state index in [4.69, 9.17) is 0 Å². The fourth-order valence-corrected chi connectivity index (χ4v) is 0.351. The topological polar surface area (TPSA) is 61.6 Å². The van der Waals surface area contributed by atoms with Gasteiger partial charge in [-0.1, -0.05) is 0 Å². The van der Waals surface area contributed by atoms with E-state index in [9.17, 15) is 4.79 Å². The Morgan fingerprint density at radius 1 is 1.86 bits per heavy atom. The molecule has 0 saturated heterocycles. The quantitative estimate of drug-likeness (QED) is 0.463. The summed E-state index contributed by atoms with van der Waals surface area (Å²) in [5.74, 6) is 0. The molecule has 0 unspecified atom stereocenters. The predicted molar refractivity (Wildman–Crippen MR) is 26.2 cm³/mol. The molecule has 0 radical (unpaired) electrons. The molecule has 5 heteroatoms. The van der Waals surface area contributed by atoms with Crippen LogP contribution < -0.4 is 5.73 Å². The Labute approximate surface area is 43.7 Å². The summed E-state index contributed by atoms with van der Waals surface area (Å²) in [6, 6.07) is 0. The molecule has 0 aliphatic heterocycles. The Balaban J connectivity index is 2.82. The summed E-state index contributed by atoms with van der Waals surface area (Å²) in [6.07, 6.45) is -0.756. The molecule has 0 aliphatic carbocycles. The van der Waals surface area contributed by atoms with Crippen LogP contribution in [0.4, 0.5) is 4.79 Å². The zero-order valence-electron chi connectivity index (χ0n) is 4.01. The van der Waals surface area contributed by atoms with E-state index in [0.717, 1.165) is 0 Å². The second-order valence-electron chi connectivity index (χ2n) is 0.870. The first kappa shape index (κ1) is 6.45. The molecule has 0 saturated carbocycles. The molecule has 4 nitrogen and oxygen atoms in total. The van der Waals surface area contributed by atoms with E-state index in [2.05, 4.69) is 14.6 Å². The van der Waals surface area contributed by atoms with E-state index in [1.165, 1.54) is 7.11 Å². The molecule has 0 aromatic rings. The van der Waals surface area contributed by atoms with Crippen LogP contribution in [0.25, 0.3) is 0 Å². The number of hydrogen-bond donors (Lipinski definition) is 1. The van der Waals surface area contributed by atoms with Crippen LogP contribution >= 0.6 is 0 Å². The average Bonchev–Trinajstić information content (AvgIpc) is 1.61. The maximum Gasteiger partial charge on any atom is 0.392 e. The Kier molecular flexibility index (Phi) is 3.34. The monoisotopic (exact) mass is 121 g/mol. The fourth-order valence-electron chi connectivity index (χ4n) is 0.117. The Hall–Kier alpha value is -0.553. The lowest BCUT2D eigenvalue weighted by atomic mass is 11.3. The van der Waals surface area contributed by atoms with Gasteiger partial charge in [0.25, 0.3) is 0 Å². The molecule has 0 rings (SSSR count). The number of hydrogen-bond acceptors (Lipinski definition) is 3. The first-order valence-electron chi connectivity index (χ1n) is 1.68. The normalized spacial score (nSPS) is 9.86. The summed E-state index contributed by atoms with van der Waals surface area (Å²) in [4.78, 5) is 9.71. The van der Waals surface area contributed by atoms with Crippen molar-refractivity contribution in [3.05, 3.63) is 0 Å². The lowest BCUT2D eigenvalue weighted by Crippen LogP contribution is -2.16. The van der Waals surface area contributed by atoms with E-state index in [-0.39, 0.29) is 0 Å². The van der Waals surface area contributed by atoms with Crippen LogP contribution in [-0.2, 0) is 8.85 Å². The SMILES string of the molecule is CO[SiH2]OC(N)=O. The van der Waals surface area contributed by atoms with Gasteiger partial charge >= 0.3 is 16.1 Å². The lowest BCUT2D eigenvalue weighted by Gasteiger charge is -1.94. The van der Waals surface area contributed by atoms with Crippen molar-refractivity contribution >= 4 is 16.1 Å². The van der Waals surface area contributed by atoms with Gasteiger partial charge in [-0.15, -0.1) is 0 Å². The second-order valence-corrected chi connectivity index (χ2v) is 1.97. The molecule has 2 N–H and O–H groups in total. The summed E-state index contributed by atoms with van der Waals surface area (Å²) in [5.41, 5.74) is 4.57. The number of primary amides is 1. The zero-order valence-corrected chi connectivity index (χ0v) is 5.42. The maximum atomic E-state index is 9.71. The molecular formula is C2H7NO3Si. The van der Waals surface area contributed by atoms with Gasteiger partial charge in [0.2, 0.25) is 0 Å². The van der Waals surface area contributed by atoms with Crippen LogP contribution in [0.2, 0.25) is 0 Å². The van der Waals surface area contributed by atoms with Crippen LogP contribution in [0.5, 0.6) is 0 Å². The highest BCUT2D eigenvalue weighted by Crippen LogP contribution is 1.66. The zero-order chi connectivity index (χ0) is 5.70. The van der Waals surface area contributed by atoms with Gasteiger partial charge in [0.15, 0.2) is 0 Å². The van der Waals surface area contributed by atoms with Gasteiger partial charge in [-0.2, -0.15) is 0 Å². The predicted octanol–water partition coefficient (Wildman–Crippen LogP) is -1.27. The summed E-state index contributed by atoms with van der Waals surface area (Å²) >= 11 is 0. The van der Waals surface area contributed by atoms with Gasteiger partial charge in [0.1, 0.15) is 0 Å². The van der Waals surface area contributed by atoms with E-state index in [1.54, 1.807) is 0 Å². The minimum atomic E-state index is -1.10. The maximum absolute atomic E-state index is 9.71. The molecule has 0 heterocycles. The summed E-state index contributed by atoms with van der Waals surface area (Å²) < 4.78 is 8.72. The largest absolute Gasteiger partial charge is 0.483 e. The van der Waals surface area contributed by atoms with Crippen molar-refractivity contribution in [1.29, 1.82) is 0 Å². The molecule has 0 bridgehead atoms. The molecule has 7 heavy (non-hydrogen) atoms. The molecule has 1 amide bonds. The highest BCUT2D eigenvalue weighted by atomic mass is 28.3. The number of carbonyl (C=O) groups is 1. The van der Waals surface area contributed by atoms with Crippen molar-refractivity contribution in [3.63, 3.8) is 0 Å².